The van der Waals surface area contributed by atoms with E-state index in [0.29, 0.717) is 40.2 Å². The molecule has 0 heterocycles. The molecule has 8 aliphatic rings. The summed E-state index contributed by atoms with van der Waals surface area (Å²) in [6.45, 7) is 9.54. The predicted octanol–water partition coefficient (Wildman–Crippen LogP) is 7.84. The van der Waals surface area contributed by atoms with Crippen molar-refractivity contribution in [1.29, 1.82) is 0 Å². The van der Waals surface area contributed by atoms with Crippen molar-refractivity contribution in [2.24, 2.45) is 63.1 Å². The van der Waals surface area contributed by atoms with Gasteiger partial charge in [0, 0.05) is 24.7 Å². The van der Waals surface area contributed by atoms with Crippen LogP contribution in [-0.2, 0) is 9.59 Å². The van der Waals surface area contributed by atoms with E-state index in [4.69, 9.17) is 0 Å². The molecule has 0 aliphatic heterocycles. The molecule has 0 unspecified atom stereocenters. The van der Waals surface area contributed by atoms with Gasteiger partial charge in [0.2, 0.25) is 0 Å². The number of fused-ring (bicyclic) bond motifs is 10. The standard InChI is InChI=1S/C19H30O2.C19H28O2/c2*1-18-9-7-13(20)11-12(18)3-4-14-15-5-6-17(21)19(15,2)10-8-16(14)18/h12,14-17,21H,3-11H2,1-2H3;3,13-16,20H,4-11H2,1-2H3/t12-,14-,15-,16-,17-,18-,19-;13-,14-,15-,16-,18-,19-/m00/s1. The third-order valence-electron chi connectivity index (χ3n) is 16.2. The number of ketones is 2. The second-order valence-electron chi connectivity index (χ2n) is 17.6. The highest BCUT2D eigenvalue weighted by Crippen LogP contribution is 2.66. The summed E-state index contributed by atoms with van der Waals surface area (Å²) in [4.78, 5) is 24.2. The molecule has 42 heavy (non-hydrogen) atoms. The van der Waals surface area contributed by atoms with E-state index in [2.05, 4.69) is 33.8 Å². The number of carbonyl (C=O) groups excluding carboxylic acids is 2. The van der Waals surface area contributed by atoms with Gasteiger partial charge in [0.25, 0.3) is 0 Å². The zero-order chi connectivity index (χ0) is 29.7. The van der Waals surface area contributed by atoms with E-state index in [0.717, 1.165) is 94.3 Å². The Morgan fingerprint density at radius 2 is 1.36 bits per heavy atom. The van der Waals surface area contributed by atoms with Crippen LogP contribution in [0.3, 0.4) is 0 Å². The Kier molecular flexibility index (Phi) is 7.26. The SMILES string of the molecule is C[C@]12CCC(=O)C[C@@H]1CC[C@@H]1[C@@H]2CC[C@]2(C)[C@@H](O)CC[C@@H]12.C[C@]12CC[C@H](O)CC1=CC[C@@H]1[C@@H]2CC[C@]2(C)C(=O)CC[C@@H]12. The highest BCUT2D eigenvalue weighted by atomic mass is 16.3. The molecule has 0 spiro atoms. The lowest BCUT2D eigenvalue weighted by Crippen LogP contribution is -2.54. The van der Waals surface area contributed by atoms with Crippen LogP contribution in [0.15, 0.2) is 11.6 Å². The fourth-order valence-corrected chi connectivity index (χ4v) is 13.4. The molecule has 0 aromatic carbocycles. The van der Waals surface area contributed by atoms with E-state index in [1.807, 2.05) is 0 Å². The number of Topliss-reactive ketones (excluding diaryl/α,β-unsaturated/α-hetero) is 2. The molecule has 13 atom stereocenters. The fraction of sp³-hybridized carbons (Fsp3) is 0.895. The lowest BCUT2D eigenvalue weighted by atomic mass is 9.45. The van der Waals surface area contributed by atoms with Gasteiger partial charge in [0.05, 0.1) is 12.2 Å². The number of hydrogen-bond acceptors (Lipinski definition) is 4. The minimum atomic E-state index is -0.122. The highest BCUT2D eigenvalue weighted by molar-refractivity contribution is 5.87. The predicted molar refractivity (Wildman–Crippen MR) is 165 cm³/mol. The first-order chi connectivity index (χ1) is 19.9. The molecule has 2 N–H and O–H groups in total. The van der Waals surface area contributed by atoms with Crippen molar-refractivity contribution in [1.82, 2.24) is 0 Å². The Hall–Kier alpha value is -1.00. The van der Waals surface area contributed by atoms with Crippen LogP contribution in [-0.4, -0.2) is 34.0 Å². The molecule has 7 saturated carbocycles. The third kappa shape index (κ3) is 4.26. The van der Waals surface area contributed by atoms with Gasteiger partial charge in [-0.05, 0) is 148 Å². The van der Waals surface area contributed by atoms with Gasteiger partial charge in [-0.15, -0.1) is 0 Å². The lowest BCUT2D eigenvalue weighted by Gasteiger charge is -2.60. The Morgan fingerprint density at radius 3 is 2.17 bits per heavy atom. The van der Waals surface area contributed by atoms with Gasteiger partial charge in [-0.3, -0.25) is 9.59 Å². The van der Waals surface area contributed by atoms with E-state index in [1.165, 1.54) is 44.1 Å². The van der Waals surface area contributed by atoms with Crippen molar-refractivity contribution >= 4 is 11.6 Å². The molecule has 234 valence electrons. The number of hydrogen-bond donors (Lipinski definition) is 2. The summed E-state index contributed by atoms with van der Waals surface area (Å²) in [6, 6.07) is 0. The molecule has 0 saturated heterocycles. The Morgan fingerprint density at radius 1 is 0.643 bits per heavy atom. The number of allylic oxidation sites excluding steroid dienone is 1. The van der Waals surface area contributed by atoms with E-state index in [1.54, 1.807) is 0 Å². The maximum Gasteiger partial charge on any atom is 0.139 e. The molecular formula is C38H58O4. The third-order valence-corrected chi connectivity index (χ3v) is 16.2. The molecule has 0 radical (unpaired) electrons. The van der Waals surface area contributed by atoms with Gasteiger partial charge in [-0.2, -0.15) is 0 Å². The van der Waals surface area contributed by atoms with Crippen LogP contribution in [0.2, 0.25) is 0 Å². The average Bonchev–Trinajstić information content (AvgIpc) is 3.44. The number of carbonyl (C=O) groups is 2. The first-order valence-electron chi connectivity index (χ1n) is 18.0. The van der Waals surface area contributed by atoms with Crippen molar-refractivity contribution in [3.05, 3.63) is 11.6 Å². The van der Waals surface area contributed by atoms with Crippen molar-refractivity contribution in [2.75, 3.05) is 0 Å². The van der Waals surface area contributed by atoms with Crippen LogP contribution in [0, 0.1) is 63.1 Å². The van der Waals surface area contributed by atoms with Gasteiger partial charge in [0.1, 0.15) is 11.6 Å². The van der Waals surface area contributed by atoms with E-state index in [-0.39, 0.29) is 23.0 Å². The zero-order valence-electron chi connectivity index (χ0n) is 27.0. The monoisotopic (exact) mass is 578 g/mol. The van der Waals surface area contributed by atoms with E-state index >= 15 is 0 Å². The van der Waals surface area contributed by atoms with Gasteiger partial charge in [-0.1, -0.05) is 39.3 Å². The molecule has 0 aromatic heterocycles. The quantitative estimate of drug-likeness (QED) is 0.287. The maximum atomic E-state index is 12.4. The smallest absolute Gasteiger partial charge is 0.139 e. The molecule has 4 heteroatoms. The van der Waals surface area contributed by atoms with Crippen molar-refractivity contribution in [3.8, 4) is 0 Å². The van der Waals surface area contributed by atoms with Gasteiger partial charge < -0.3 is 10.2 Å². The fourth-order valence-electron chi connectivity index (χ4n) is 13.4. The minimum absolute atomic E-state index is 0.0168. The molecule has 4 nitrogen and oxygen atoms in total. The molecule has 0 aromatic rings. The summed E-state index contributed by atoms with van der Waals surface area (Å²) in [6.07, 6.45) is 20.8. The Balaban J connectivity index is 0.000000137. The Bertz CT molecular complexity index is 1140. The van der Waals surface area contributed by atoms with Crippen LogP contribution < -0.4 is 0 Å². The Labute approximate surface area is 254 Å². The zero-order valence-corrected chi connectivity index (χ0v) is 27.0. The average molecular weight is 579 g/mol. The van der Waals surface area contributed by atoms with Crippen LogP contribution in [0.4, 0.5) is 0 Å². The first kappa shape index (κ1) is 29.7. The normalized spacial score (nSPS) is 54.6. The largest absolute Gasteiger partial charge is 0.393 e. The summed E-state index contributed by atoms with van der Waals surface area (Å²) < 4.78 is 0. The summed E-state index contributed by atoms with van der Waals surface area (Å²) >= 11 is 0. The molecular weight excluding hydrogens is 520 g/mol. The summed E-state index contributed by atoms with van der Waals surface area (Å²) in [5.41, 5.74) is 2.41. The lowest BCUT2D eigenvalue weighted by molar-refractivity contribution is -0.141. The number of aliphatic hydroxyl groups is 2. The molecule has 8 aliphatic carbocycles. The van der Waals surface area contributed by atoms with Crippen molar-refractivity contribution < 1.29 is 19.8 Å². The van der Waals surface area contributed by atoms with Crippen LogP contribution in [0.25, 0.3) is 0 Å². The van der Waals surface area contributed by atoms with E-state index < -0.39 is 0 Å². The first-order valence-corrected chi connectivity index (χ1v) is 18.0. The van der Waals surface area contributed by atoms with Crippen molar-refractivity contribution in [2.45, 2.75) is 149 Å². The number of rotatable bonds is 0. The summed E-state index contributed by atoms with van der Waals surface area (Å²) in [5, 5.41) is 20.5. The van der Waals surface area contributed by atoms with Crippen molar-refractivity contribution in [3.63, 3.8) is 0 Å². The van der Waals surface area contributed by atoms with E-state index in [9.17, 15) is 19.8 Å². The maximum absolute atomic E-state index is 12.4. The topological polar surface area (TPSA) is 74.6 Å². The van der Waals surface area contributed by atoms with Crippen LogP contribution in [0.5, 0.6) is 0 Å². The second-order valence-corrected chi connectivity index (χ2v) is 17.6. The number of aliphatic hydroxyl groups excluding tert-OH is 2. The summed E-state index contributed by atoms with van der Waals surface area (Å²) in [5.74, 6) is 6.12. The van der Waals surface area contributed by atoms with Gasteiger partial charge in [-0.25, -0.2) is 0 Å². The molecule has 7 fully saturated rings. The van der Waals surface area contributed by atoms with Gasteiger partial charge in [0.15, 0.2) is 0 Å². The molecule has 0 bridgehead atoms. The summed E-state index contributed by atoms with van der Waals surface area (Å²) in [7, 11) is 0. The highest BCUT2D eigenvalue weighted by Gasteiger charge is 2.61. The minimum Gasteiger partial charge on any atom is -0.393 e. The molecule has 0 amide bonds. The second kappa shape index (κ2) is 10.3. The van der Waals surface area contributed by atoms with Crippen LogP contribution >= 0.6 is 0 Å². The molecule has 8 rings (SSSR count). The van der Waals surface area contributed by atoms with Gasteiger partial charge >= 0.3 is 0 Å². The van der Waals surface area contributed by atoms with Crippen LogP contribution in [0.1, 0.15) is 137 Å².